The molecule has 1 aromatic carbocycles. The third-order valence-electron chi connectivity index (χ3n) is 3.79. The van der Waals surface area contributed by atoms with Crippen molar-refractivity contribution in [2.24, 2.45) is 0 Å². The molecule has 19 heavy (non-hydrogen) atoms. The number of phenols is 2. The summed E-state index contributed by atoms with van der Waals surface area (Å²) in [4.78, 5) is 11.9. The second-order valence-electron chi connectivity index (χ2n) is 5.70. The largest absolute Gasteiger partial charge is 0.504 e. The van der Waals surface area contributed by atoms with E-state index in [4.69, 9.17) is 9.47 Å². The molecule has 3 rings (SSSR count). The SMILES string of the molecule is C[C@@H]1OC(=O)c2c3c(c(O)c(O)c21)OC(C)(C)CC3. The Morgan fingerprint density at radius 3 is 2.63 bits per heavy atom. The Bertz CT molecular complexity index is 588. The predicted octanol–water partition coefficient (Wildman–Crippen LogP) is 2.43. The van der Waals surface area contributed by atoms with Gasteiger partial charge in [-0.15, -0.1) is 0 Å². The molecule has 5 heteroatoms. The monoisotopic (exact) mass is 264 g/mol. The average Bonchev–Trinajstić information content (AvgIpc) is 2.61. The molecule has 0 fully saturated rings. The molecule has 0 aromatic heterocycles. The predicted molar refractivity (Wildman–Crippen MR) is 66.6 cm³/mol. The molecule has 0 saturated carbocycles. The van der Waals surface area contributed by atoms with E-state index < -0.39 is 17.7 Å². The first kappa shape index (κ1) is 12.1. The zero-order chi connectivity index (χ0) is 13.9. The van der Waals surface area contributed by atoms with Crippen molar-refractivity contribution in [2.45, 2.75) is 45.3 Å². The number of rotatable bonds is 0. The minimum absolute atomic E-state index is 0.207. The number of fused-ring (bicyclic) bond motifs is 3. The third kappa shape index (κ3) is 1.57. The molecule has 5 nitrogen and oxygen atoms in total. The van der Waals surface area contributed by atoms with Gasteiger partial charge in [0.25, 0.3) is 0 Å². The molecule has 102 valence electrons. The van der Waals surface area contributed by atoms with Crippen molar-refractivity contribution in [3.8, 4) is 17.2 Å². The summed E-state index contributed by atoms with van der Waals surface area (Å²) in [5.41, 5.74) is 0.927. The van der Waals surface area contributed by atoms with Crippen LogP contribution < -0.4 is 4.74 Å². The minimum atomic E-state index is -0.548. The first-order valence-corrected chi connectivity index (χ1v) is 6.32. The highest BCUT2D eigenvalue weighted by atomic mass is 16.6. The van der Waals surface area contributed by atoms with E-state index >= 15 is 0 Å². The number of carbonyl (C=O) groups is 1. The van der Waals surface area contributed by atoms with E-state index in [1.165, 1.54) is 0 Å². The quantitative estimate of drug-likeness (QED) is 0.556. The van der Waals surface area contributed by atoms with Crippen molar-refractivity contribution < 1.29 is 24.5 Å². The Kier molecular flexibility index (Phi) is 2.27. The van der Waals surface area contributed by atoms with Crippen molar-refractivity contribution >= 4 is 5.97 Å². The van der Waals surface area contributed by atoms with Gasteiger partial charge in [-0.2, -0.15) is 0 Å². The lowest BCUT2D eigenvalue weighted by Crippen LogP contribution is -2.33. The molecule has 0 bridgehead atoms. The number of ether oxygens (including phenoxy) is 2. The van der Waals surface area contributed by atoms with E-state index in [1.807, 2.05) is 13.8 Å². The molecule has 0 aliphatic carbocycles. The maximum atomic E-state index is 11.9. The number of hydrogen-bond acceptors (Lipinski definition) is 5. The fourth-order valence-corrected chi connectivity index (χ4v) is 2.78. The summed E-state index contributed by atoms with van der Waals surface area (Å²) in [7, 11) is 0. The molecule has 2 N–H and O–H groups in total. The Balaban J connectivity index is 2.29. The van der Waals surface area contributed by atoms with Crippen molar-refractivity contribution in [1.29, 1.82) is 0 Å². The van der Waals surface area contributed by atoms with Gasteiger partial charge in [-0.25, -0.2) is 4.79 Å². The number of cyclic esters (lactones) is 1. The molecular formula is C14H16O5. The first-order valence-electron chi connectivity index (χ1n) is 6.32. The molecule has 0 amide bonds. The van der Waals surface area contributed by atoms with Gasteiger partial charge in [-0.05, 0) is 33.6 Å². The molecule has 2 aliphatic rings. The van der Waals surface area contributed by atoms with E-state index in [9.17, 15) is 15.0 Å². The maximum Gasteiger partial charge on any atom is 0.339 e. The van der Waals surface area contributed by atoms with Crippen LogP contribution in [0, 0.1) is 0 Å². The van der Waals surface area contributed by atoms with Crippen LogP contribution in [0.2, 0.25) is 0 Å². The summed E-state index contributed by atoms with van der Waals surface area (Å²) in [6, 6.07) is 0. The topological polar surface area (TPSA) is 76.0 Å². The van der Waals surface area contributed by atoms with Crippen LogP contribution in [-0.4, -0.2) is 21.8 Å². The highest BCUT2D eigenvalue weighted by molar-refractivity contribution is 5.98. The molecule has 0 spiro atoms. The van der Waals surface area contributed by atoms with E-state index in [0.29, 0.717) is 23.1 Å². The van der Waals surface area contributed by atoms with Crippen LogP contribution in [0.1, 0.15) is 54.8 Å². The van der Waals surface area contributed by atoms with Crippen molar-refractivity contribution in [1.82, 2.24) is 0 Å². The van der Waals surface area contributed by atoms with Gasteiger partial charge in [0, 0.05) is 5.56 Å². The van der Waals surface area contributed by atoms with Gasteiger partial charge >= 0.3 is 5.97 Å². The second kappa shape index (κ2) is 3.56. The van der Waals surface area contributed by atoms with Gasteiger partial charge in [-0.1, -0.05) is 0 Å². The van der Waals surface area contributed by atoms with Crippen LogP contribution in [-0.2, 0) is 11.2 Å². The third-order valence-corrected chi connectivity index (χ3v) is 3.79. The van der Waals surface area contributed by atoms with Gasteiger partial charge in [0.15, 0.2) is 11.5 Å². The molecule has 0 unspecified atom stereocenters. The van der Waals surface area contributed by atoms with Gasteiger partial charge in [-0.3, -0.25) is 0 Å². The van der Waals surface area contributed by atoms with Gasteiger partial charge < -0.3 is 19.7 Å². The van der Waals surface area contributed by atoms with E-state index in [0.717, 1.165) is 6.42 Å². The zero-order valence-corrected chi connectivity index (χ0v) is 11.1. The molecule has 2 aliphatic heterocycles. The highest BCUT2D eigenvalue weighted by Crippen LogP contribution is 2.52. The van der Waals surface area contributed by atoms with Gasteiger partial charge in [0.05, 0.1) is 11.1 Å². The van der Waals surface area contributed by atoms with E-state index in [1.54, 1.807) is 6.92 Å². The summed E-state index contributed by atoms with van der Waals surface area (Å²) < 4.78 is 10.8. The number of carbonyl (C=O) groups excluding carboxylic acids is 1. The van der Waals surface area contributed by atoms with Gasteiger partial charge in [0.1, 0.15) is 11.7 Å². The van der Waals surface area contributed by atoms with Crippen LogP contribution in [0.25, 0.3) is 0 Å². The van der Waals surface area contributed by atoms with E-state index in [-0.39, 0.29) is 17.2 Å². The molecular weight excluding hydrogens is 248 g/mol. The number of phenolic OH excluding ortho intramolecular Hbond substituents is 2. The van der Waals surface area contributed by atoms with Crippen LogP contribution >= 0.6 is 0 Å². The average molecular weight is 264 g/mol. The number of benzene rings is 1. The Morgan fingerprint density at radius 2 is 1.95 bits per heavy atom. The number of hydrogen-bond donors (Lipinski definition) is 2. The van der Waals surface area contributed by atoms with Crippen LogP contribution in [0.5, 0.6) is 17.2 Å². The van der Waals surface area contributed by atoms with Crippen LogP contribution in [0.15, 0.2) is 0 Å². The minimum Gasteiger partial charge on any atom is -0.504 e. The lowest BCUT2D eigenvalue weighted by molar-refractivity contribution is 0.0416. The molecule has 0 saturated heterocycles. The number of aromatic hydroxyl groups is 2. The Morgan fingerprint density at radius 1 is 1.26 bits per heavy atom. The lowest BCUT2D eigenvalue weighted by Gasteiger charge is -2.33. The summed E-state index contributed by atoms with van der Waals surface area (Å²) in [6.45, 7) is 5.48. The molecule has 1 atom stereocenters. The normalized spacial score (nSPS) is 23.3. The molecule has 0 radical (unpaired) electrons. The molecule has 1 aromatic rings. The van der Waals surface area contributed by atoms with Crippen molar-refractivity contribution in [3.63, 3.8) is 0 Å². The number of esters is 1. The van der Waals surface area contributed by atoms with Crippen molar-refractivity contribution in [2.75, 3.05) is 0 Å². The Hall–Kier alpha value is -1.91. The van der Waals surface area contributed by atoms with Gasteiger partial charge in [0.2, 0.25) is 5.75 Å². The maximum absolute atomic E-state index is 11.9. The van der Waals surface area contributed by atoms with Crippen LogP contribution in [0.4, 0.5) is 0 Å². The second-order valence-corrected chi connectivity index (χ2v) is 5.70. The lowest BCUT2D eigenvalue weighted by atomic mass is 9.88. The zero-order valence-electron chi connectivity index (χ0n) is 11.1. The fourth-order valence-electron chi connectivity index (χ4n) is 2.78. The van der Waals surface area contributed by atoms with Crippen LogP contribution in [0.3, 0.4) is 0 Å². The van der Waals surface area contributed by atoms with E-state index in [2.05, 4.69) is 0 Å². The molecule has 2 heterocycles. The summed E-state index contributed by atoms with van der Waals surface area (Å²) in [6.07, 6.45) is 0.798. The fraction of sp³-hybridized carbons (Fsp3) is 0.500. The standard InChI is InChI=1S/C14H16O5/c1-6-8-9(13(17)18-6)7-4-5-14(2,3)19-12(7)11(16)10(8)15/h6,15-16H,4-5H2,1-3H3/t6-/m0/s1. The highest BCUT2D eigenvalue weighted by Gasteiger charge is 2.41. The summed E-state index contributed by atoms with van der Waals surface area (Å²) >= 11 is 0. The smallest absolute Gasteiger partial charge is 0.339 e. The Labute approximate surface area is 110 Å². The van der Waals surface area contributed by atoms with Crippen molar-refractivity contribution in [3.05, 3.63) is 16.7 Å². The summed E-state index contributed by atoms with van der Waals surface area (Å²) in [5.74, 6) is -0.868. The first-order chi connectivity index (χ1) is 8.82. The summed E-state index contributed by atoms with van der Waals surface area (Å²) in [5, 5.41) is 20.2.